The quantitative estimate of drug-likeness (QED) is 0.674. The first-order chi connectivity index (χ1) is 6.40. The van der Waals surface area contributed by atoms with Gasteiger partial charge in [0.25, 0.3) is 0 Å². The van der Waals surface area contributed by atoms with Gasteiger partial charge in [-0.15, -0.1) is 6.42 Å². The number of terminal acetylenes is 1. The maximum atomic E-state index is 5.31. The Labute approximate surface area is 89.1 Å². The molecule has 0 bridgehead atoms. The fourth-order valence-corrected chi connectivity index (χ4v) is 1.28. The minimum atomic E-state index is 0.184. The maximum absolute atomic E-state index is 5.31. The highest BCUT2D eigenvalue weighted by molar-refractivity contribution is 4.90. The lowest BCUT2D eigenvalue weighted by molar-refractivity contribution is 0.227. The van der Waals surface area contributed by atoms with E-state index in [9.17, 15) is 0 Å². The van der Waals surface area contributed by atoms with Crippen molar-refractivity contribution in [2.24, 2.45) is 0 Å². The second-order valence-electron chi connectivity index (χ2n) is 4.75. The smallest absolute Gasteiger partial charge is 0.0601 e. The molecule has 0 saturated heterocycles. The van der Waals surface area contributed by atoms with Gasteiger partial charge in [0.2, 0.25) is 0 Å². The molecule has 0 aliphatic rings. The molecule has 0 aliphatic carbocycles. The zero-order chi connectivity index (χ0) is 11.2. The molecule has 0 aromatic rings. The number of hydrogen-bond acceptors (Lipinski definition) is 2. The van der Waals surface area contributed by atoms with Gasteiger partial charge in [0.15, 0.2) is 0 Å². The molecule has 0 heterocycles. The standard InChI is InChI=1S/C12H24N2/c1-7-9-14(8-2)11(3)10-13-12(4,5)6/h1,11,13H,8-10H2,2-6H3. The molecule has 0 aromatic carbocycles. The van der Waals surface area contributed by atoms with Crippen LogP contribution in [0.3, 0.4) is 0 Å². The summed E-state index contributed by atoms with van der Waals surface area (Å²) in [4.78, 5) is 2.29. The predicted molar refractivity (Wildman–Crippen MR) is 63.3 cm³/mol. The summed E-state index contributed by atoms with van der Waals surface area (Å²) < 4.78 is 0. The molecule has 14 heavy (non-hydrogen) atoms. The number of likely N-dealkylation sites (N-methyl/N-ethyl adjacent to an activating group) is 1. The average molecular weight is 196 g/mol. The van der Waals surface area contributed by atoms with Crippen molar-refractivity contribution < 1.29 is 0 Å². The van der Waals surface area contributed by atoms with Gasteiger partial charge in [-0.05, 0) is 34.2 Å². The highest BCUT2D eigenvalue weighted by Crippen LogP contribution is 2.02. The molecule has 0 aromatic heterocycles. The third-order valence-corrected chi connectivity index (χ3v) is 2.25. The van der Waals surface area contributed by atoms with Gasteiger partial charge in [-0.2, -0.15) is 0 Å². The van der Waals surface area contributed by atoms with Crippen molar-refractivity contribution in [3.8, 4) is 12.3 Å². The van der Waals surface area contributed by atoms with Crippen LogP contribution >= 0.6 is 0 Å². The van der Waals surface area contributed by atoms with Gasteiger partial charge in [-0.3, -0.25) is 4.90 Å². The van der Waals surface area contributed by atoms with Crippen molar-refractivity contribution in [3.63, 3.8) is 0 Å². The summed E-state index contributed by atoms with van der Waals surface area (Å²) in [6.45, 7) is 13.6. The van der Waals surface area contributed by atoms with E-state index in [1.54, 1.807) is 0 Å². The average Bonchev–Trinajstić information content (AvgIpc) is 2.09. The second kappa shape index (κ2) is 6.06. The van der Waals surface area contributed by atoms with E-state index in [1.807, 2.05) is 0 Å². The topological polar surface area (TPSA) is 15.3 Å². The molecule has 1 unspecified atom stereocenters. The largest absolute Gasteiger partial charge is 0.311 e. The molecule has 1 atom stereocenters. The maximum Gasteiger partial charge on any atom is 0.0601 e. The molecule has 0 saturated carbocycles. The van der Waals surface area contributed by atoms with Gasteiger partial charge in [0.05, 0.1) is 6.54 Å². The van der Waals surface area contributed by atoms with Crippen molar-refractivity contribution in [2.45, 2.75) is 46.2 Å². The molecular formula is C12H24N2. The third-order valence-electron chi connectivity index (χ3n) is 2.25. The Morgan fingerprint density at radius 1 is 1.43 bits per heavy atom. The van der Waals surface area contributed by atoms with E-state index in [0.717, 1.165) is 19.6 Å². The third kappa shape index (κ3) is 6.01. The monoisotopic (exact) mass is 196 g/mol. The molecule has 0 spiro atoms. The Morgan fingerprint density at radius 2 is 2.00 bits per heavy atom. The zero-order valence-electron chi connectivity index (χ0n) is 10.2. The molecule has 0 radical (unpaired) electrons. The number of hydrogen-bond donors (Lipinski definition) is 1. The Hall–Kier alpha value is -0.520. The van der Waals surface area contributed by atoms with Crippen LogP contribution in [0.2, 0.25) is 0 Å². The first-order valence-electron chi connectivity index (χ1n) is 5.33. The SMILES string of the molecule is C#CCN(CC)C(C)CNC(C)(C)C. The second-order valence-corrected chi connectivity index (χ2v) is 4.75. The Balaban J connectivity index is 3.93. The van der Waals surface area contributed by atoms with Crippen LogP contribution < -0.4 is 5.32 Å². The van der Waals surface area contributed by atoms with Crippen molar-refractivity contribution in [1.82, 2.24) is 10.2 Å². The Morgan fingerprint density at radius 3 is 2.36 bits per heavy atom. The molecule has 0 aliphatic heterocycles. The molecule has 82 valence electrons. The van der Waals surface area contributed by atoms with Crippen LogP contribution in [0.1, 0.15) is 34.6 Å². The molecule has 0 amide bonds. The number of nitrogens with zero attached hydrogens (tertiary/aromatic N) is 1. The van der Waals surface area contributed by atoms with Gasteiger partial charge in [-0.25, -0.2) is 0 Å². The van der Waals surface area contributed by atoms with Gasteiger partial charge >= 0.3 is 0 Å². The fourth-order valence-electron chi connectivity index (χ4n) is 1.28. The minimum absolute atomic E-state index is 0.184. The minimum Gasteiger partial charge on any atom is -0.311 e. The highest BCUT2D eigenvalue weighted by Gasteiger charge is 2.14. The van der Waals surface area contributed by atoms with E-state index in [2.05, 4.69) is 50.8 Å². The zero-order valence-corrected chi connectivity index (χ0v) is 10.2. The summed E-state index contributed by atoms with van der Waals surface area (Å²) in [5.74, 6) is 2.69. The predicted octanol–water partition coefficient (Wildman–Crippen LogP) is 1.72. The van der Waals surface area contributed by atoms with E-state index < -0.39 is 0 Å². The lowest BCUT2D eigenvalue weighted by Gasteiger charge is -2.29. The lowest BCUT2D eigenvalue weighted by atomic mass is 10.1. The number of nitrogens with one attached hydrogen (secondary N) is 1. The summed E-state index contributed by atoms with van der Waals surface area (Å²) in [6.07, 6.45) is 5.31. The van der Waals surface area contributed by atoms with Crippen LogP contribution in [0.25, 0.3) is 0 Å². The normalized spacial score (nSPS) is 14.1. The van der Waals surface area contributed by atoms with Crippen LogP contribution in [0.15, 0.2) is 0 Å². The summed E-state index contributed by atoms with van der Waals surface area (Å²) in [6, 6.07) is 0.496. The Bertz CT molecular complexity index is 185. The van der Waals surface area contributed by atoms with E-state index in [1.165, 1.54) is 0 Å². The molecule has 2 nitrogen and oxygen atoms in total. The lowest BCUT2D eigenvalue weighted by Crippen LogP contribution is -2.46. The molecule has 1 N–H and O–H groups in total. The van der Waals surface area contributed by atoms with Crippen molar-refractivity contribution >= 4 is 0 Å². The van der Waals surface area contributed by atoms with E-state index in [4.69, 9.17) is 6.42 Å². The van der Waals surface area contributed by atoms with Gasteiger partial charge < -0.3 is 5.32 Å². The summed E-state index contributed by atoms with van der Waals surface area (Å²) in [5.41, 5.74) is 0.184. The van der Waals surface area contributed by atoms with Gasteiger partial charge in [0, 0.05) is 18.1 Å². The summed E-state index contributed by atoms with van der Waals surface area (Å²) >= 11 is 0. The van der Waals surface area contributed by atoms with Crippen LogP contribution in [0.4, 0.5) is 0 Å². The molecule has 2 heteroatoms. The van der Waals surface area contributed by atoms with E-state index in [0.29, 0.717) is 6.04 Å². The van der Waals surface area contributed by atoms with E-state index in [-0.39, 0.29) is 5.54 Å². The van der Waals surface area contributed by atoms with Crippen LogP contribution in [0.5, 0.6) is 0 Å². The summed E-state index contributed by atoms with van der Waals surface area (Å²) in [5, 5.41) is 3.48. The van der Waals surface area contributed by atoms with Gasteiger partial charge in [-0.1, -0.05) is 12.8 Å². The first-order valence-corrected chi connectivity index (χ1v) is 5.33. The molecule has 0 fully saturated rings. The number of rotatable bonds is 5. The van der Waals surface area contributed by atoms with Crippen molar-refractivity contribution in [2.75, 3.05) is 19.6 Å². The van der Waals surface area contributed by atoms with Crippen molar-refractivity contribution in [3.05, 3.63) is 0 Å². The van der Waals surface area contributed by atoms with Crippen molar-refractivity contribution in [1.29, 1.82) is 0 Å². The Kier molecular flexibility index (Phi) is 5.83. The van der Waals surface area contributed by atoms with Crippen LogP contribution in [0, 0.1) is 12.3 Å². The highest BCUT2D eigenvalue weighted by atomic mass is 15.2. The summed E-state index contributed by atoms with van der Waals surface area (Å²) in [7, 11) is 0. The molecule has 0 rings (SSSR count). The molecular weight excluding hydrogens is 172 g/mol. The fraction of sp³-hybridized carbons (Fsp3) is 0.833. The van der Waals surface area contributed by atoms with Crippen LogP contribution in [-0.2, 0) is 0 Å². The van der Waals surface area contributed by atoms with Crippen LogP contribution in [-0.4, -0.2) is 36.1 Å². The van der Waals surface area contributed by atoms with E-state index >= 15 is 0 Å². The first kappa shape index (κ1) is 13.5. The van der Waals surface area contributed by atoms with Gasteiger partial charge in [0.1, 0.15) is 0 Å².